The van der Waals surface area contributed by atoms with Crippen LogP contribution in [0.15, 0.2) is 30.5 Å². The molecule has 6 nitrogen and oxygen atoms in total. The monoisotopic (exact) mass is 351 g/mol. The number of likely N-dealkylation sites (tertiary alicyclic amines) is 1. The highest BCUT2D eigenvalue weighted by Gasteiger charge is 2.22. The van der Waals surface area contributed by atoms with Crippen LogP contribution in [-0.2, 0) is 19.6 Å². The second-order valence-corrected chi connectivity index (χ2v) is 6.37. The lowest BCUT2D eigenvalue weighted by atomic mass is 9.97. The third-order valence-electron chi connectivity index (χ3n) is 4.43. The topological polar surface area (TPSA) is 69.2 Å². The molecule has 8 heteroatoms. The number of alkyl halides is 2. The van der Waals surface area contributed by atoms with Crippen LogP contribution in [0.1, 0.15) is 24.1 Å². The Hall–Kier alpha value is -2.06. The van der Waals surface area contributed by atoms with E-state index >= 15 is 0 Å². The normalized spacial score (nSPS) is 18.6. The average molecular weight is 351 g/mol. The Labute approximate surface area is 145 Å². The van der Waals surface area contributed by atoms with Crippen LogP contribution in [0.2, 0.25) is 0 Å². The number of rotatable bonds is 7. The Morgan fingerprint density at radius 1 is 1.32 bits per heavy atom. The van der Waals surface area contributed by atoms with Crippen LogP contribution in [0.4, 0.5) is 8.78 Å². The van der Waals surface area contributed by atoms with Crippen molar-refractivity contribution in [3.05, 3.63) is 41.7 Å². The second kappa shape index (κ2) is 8.35. The van der Waals surface area contributed by atoms with Crippen LogP contribution in [0, 0.1) is 5.92 Å². The summed E-state index contributed by atoms with van der Waals surface area (Å²) in [6, 6.07) is 6.98. The van der Waals surface area contributed by atoms with Crippen LogP contribution in [0.3, 0.4) is 0 Å². The molecule has 0 aliphatic carbocycles. The third-order valence-corrected chi connectivity index (χ3v) is 4.43. The lowest BCUT2D eigenvalue weighted by Crippen LogP contribution is -2.36. The number of para-hydroxylation sites is 1. The first-order valence-electron chi connectivity index (χ1n) is 8.48. The molecule has 1 aliphatic rings. The van der Waals surface area contributed by atoms with Crippen molar-refractivity contribution in [2.45, 2.75) is 39.1 Å². The fraction of sp³-hybridized carbons (Fsp3) is 0.529. The number of halogens is 2. The predicted octanol–water partition coefficient (Wildman–Crippen LogP) is 2.25. The van der Waals surface area contributed by atoms with Crippen LogP contribution >= 0.6 is 0 Å². The molecule has 1 aromatic carbocycles. The number of nitrogens with zero attached hydrogens (tertiary/aromatic N) is 4. The van der Waals surface area contributed by atoms with E-state index in [1.54, 1.807) is 12.1 Å². The minimum Gasteiger partial charge on any atom is -0.434 e. The van der Waals surface area contributed by atoms with Crippen LogP contribution < -0.4 is 10.5 Å². The lowest BCUT2D eigenvalue weighted by molar-refractivity contribution is -0.0508. The van der Waals surface area contributed by atoms with Crippen molar-refractivity contribution in [2.24, 2.45) is 11.7 Å². The van der Waals surface area contributed by atoms with Gasteiger partial charge in [0.05, 0.1) is 5.69 Å². The number of nitrogens with two attached hydrogens (primary N) is 1. The van der Waals surface area contributed by atoms with E-state index in [1.807, 2.05) is 23.0 Å². The van der Waals surface area contributed by atoms with E-state index in [0.29, 0.717) is 19.0 Å². The molecule has 0 radical (unpaired) electrons. The summed E-state index contributed by atoms with van der Waals surface area (Å²) in [6.45, 7) is 0.812. The molecule has 1 fully saturated rings. The fourth-order valence-electron chi connectivity index (χ4n) is 3.32. The summed E-state index contributed by atoms with van der Waals surface area (Å²) in [7, 11) is 0. The summed E-state index contributed by atoms with van der Waals surface area (Å²) in [5.41, 5.74) is 7.13. The molecule has 0 amide bonds. The lowest BCUT2D eigenvalue weighted by Gasteiger charge is -2.33. The first kappa shape index (κ1) is 17.8. The van der Waals surface area contributed by atoms with Crippen molar-refractivity contribution >= 4 is 0 Å². The summed E-state index contributed by atoms with van der Waals surface area (Å²) in [5.74, 6) is 0.702. The molecule has 136 valence electrons. The van der Waals surface area contributed by atoms with Gasteiger partial charge in [0.25, 0.3) is 0 Å². The van der Waals surface area contributed by atoms with Crippen molar-refractivity contribution in [2.75, 3.05) is 13.1 Å². The maximum Gasteiger partial charge on any atom is 0.387 e. The van der Waals surface area contributed by atoms with E-state index in [1.165, 1.54) is 0 Å². The van der Waals surface area contributed by atoms with Crippen LogP contribution in [-0.4, -0.2) is 39.6 Å². The van der Waals surface area contributed by atoms with Gasteiger partial charge in [-0.3, -0.25) is 9.58 Å². The number of aromatic nitrogens is 3. The average Bonchev–Trinajstić information content (AvgIpc) is 3.04. The van der Waals surface area contributed by atoms with Gasteiger partial charge in [0.1, 0.15) is 5.75 Å². The van der Waals surface area contributed by atoms with Gasteiger partial charge in [-0.1, -0.05) is 23.4 Å². The highest BCUT2D eigenvalue weighted by atomic mass is 19.3. The molecule has 1 aliphatic heterocycles. The molecule has 0 bridgehead atoms. The summed E-state index contributed by atoms with van der Waals surface area (Å²) >= 11 is 0. The van der Waals surface area contributed by atoms with Gasteiger partial charge in [-0.15, -0.1) is 5.10 Å². The SMILES string of the molecule is NCc1cn(CC2CCCN(Cc3ccccc3OC(F)F)C2)nn1. The Morgan fingerprint density at radius 3 is 2.92 bits per heavy atom. The maximum atomic E-state index is 12.6. The minimum atomic E-state index is -2.81. The zero-order valence-corrected chi connectivity index (χ0v) is 14.0. The molecule has 0 spiro atoms. The Kier molecular flexibility index (Phi) is 5.93. The van der Waals surface area contributed by atoms with Crippen molar-refractivity contribution in [1.82, 2.24) is 19.9 Å². The van der Waals surface area contributed by atoms with E-state index < -0.39 is 6.61 Å². The number of ether oxygens (including phenoxy) is 1. The molecule has 2 aromatic rings. The standard InChI is InChI=1S/C17H23F2N5O/c18-17(19)25-16-6-2-1-5-14(16)11-23-7-3-4-13(9-23)10-24-12-15(8-20)21-22-24/h1-2,5-6,12-13,17H,3-4,7-11,20H2. The quantitative estimate of drug-likeness (QED) is 0.829. The molecule has 1 unspecified atom stereocenters. The highest BCUT2D eigenvalue weighted by Crippen LogP contribution is 2.25. The largest absolute Gasteiger partial charge is 0.434 e. The number of hydrogen-bond acceptors (Lipinski definition) is 5. The maximum absolute atomic E-state index is 12.6. The molecule has 2 heterocycles. The molecule has 1 aromatic heterocycles. The summed E-state index contributed by atoms with van der Waals surface area (Å²) in [5, 5.41) is 8.11. The first-order chi connectivity index (χ1) is 12.1. The van der Waals surface area contributed by atoms with Crippen molar-refractivity contribution < 1.29 is 13.5 Å². The summed E-state index contributed by atoms with van der Waals surface area (Å²) < 4.78 is 31.6. The third kappa shape index (κ3) is 4.96. The van der Waals surface area contributed by atoms with Crippen molar-refractivity contribution in [3.63, 3.8) is 0 Å². The van der Waals surface area contributed by atoms with Gasteiger partial charge >= 0.3 is 6.61 Å². The van der Waals surface area contributed by atoms with Gasteiger partial charge in [0, 0.05) is 37.9 Å². The van der Waals surface area contributed by atoms with Gasteiger partial charge < -0.3 is 10.5 Å². The van der Waals surface area contributed by atoms with E-state index in [-0.39, 0.29) is 5.75 Å². The number of benzene rings is 1. The minimum absolute atomic E-state index is 0.253. The molecular formula is C17H23F2N5O. The van der Waals surface area contributed by atoms with Crippen LogP contribution in [0.5, 0.6) is 5.75 Å². The van der Waals surface area contributed by atoms with Gasteiger partial charge in [-0.2, -0.15) is 8.78 Å². The van der Waals surface area contributed by atoms with Gasteiger partial charge in [0.15, 0.2) is 0 Å². The van der Waals surface area contributed by atoms with E-state index in [4.69, 9.17) is 5.73 Å². The number of hydrogen-bond donors (Lipinski definition) is 1. The molecule has 3 rings (SSSR count). The molecule has 1 atom stereocenters. The first-order valence-corrected chi connectivity index (χ1v) is 8.48. The summed E-state index contributed by atoms with van der Waals surface area (Å²) in [6.07, 6.45) is 4.06. The van der Waals surface area contributed by atoms with Crippen LogP contribution in [0.25, 0.3) is 0 Å². The molecule has 2 N–H and O–H groups in total. The zero-order valence-electron chi connectivity index (χ0n) is 14.0. The Morgan fingerprint density at radius 2 is 2.16 bits per heavy atom. The Bertz CT molecular complexity index is 679. The molecule has 25 heavy (non-hydrogen) atoms. The predicted molar refractivity (Wildman–Crippen MR) is 89.0 cm³/mol. The van der Waals surface area contributed by atoms with Crippen molar-refractivity contribution in [3.8, 4) is 5.75 Å². The van der Waals surface area contributed by atoms with Gasteiger partial charge in [-0.05, 0) is 31.4 Å². The smallest absolute Gasteiger partial charge is 0.387 e. The summed E-state index contributed by atoms with van der Waals surface area (Å²) in [4.78, 5) is 2.28. The highest BCUT2D eigenvalue weighted by molar-refractivity contribution is 5.33. The Balaban J connectivity index is 1.60. The number of piperidine rings is 1. The van der Waals surface area contributed by atoms with Gasteiger partial charge in [0.2, 0.25) is 0 Å². The molecule has 0 saturated carbocycles. The fourth-order valence-corrected chi connectivity index (χ4v) is 3.32. The zero-order chi connectivity index (χ0) is 17.6. The second-order valence-electron chi connectivity index (χ2n) is 6.37. The van der Waals surface area contributed by atoms with Crippen molar-refractivity contribution in [1.29, 1.82) is 0 Å². The van der Waals surface area contributed by atoms with Gasteiger partial charge in [-0.25, -0.2) is 0 Å². The van der Waals surface area contributed by atoms with E-state index in [0.717, 1.165) is 43.7 Å². The van der Waals surface area contributed by atoms with E-state index in [9.17, 15) is 8.78 Å². The van der Waals surface area contributed by atoms with E-state index in [2.05, 4.69) is 19.9 Å². The molecule has 1 saturated heterocycles. The molecular weight excluding hydrogens is 328 g/mol.